The van der Waals surface area contributed by atoms with Crippen LogP contribution in [0.15, 0.2) is 59.5 Å². The fraction of sp³-hybridized carbons (Fsp3) is 0.391. The molecule has 0 heterocycles. The van der Waals surface area contributed by atoms with Gasteiger partial charge in [0.15, 0.2) is 0 Å². The molecule has 0 aliphatic rings. The maximum atomic E-state index is 12.5. The number of hydrogen-bond acceptors (Lipinski definition) is 7. The van der Waals surface area contributed by atoms with E-state index in [1.165, 1.54) is 24.3 Å². The zero-order valence-corrected chi connectivity index (χ0v) is 19.5. The monoisotopic (exact) mass is 463 g/mol. The number of ether oxygens (including phenoxy) is 2. The lowest BCUT2D eigenvalue weighted by Gasteiger charge is -2.22. The van der Waals surface area contributed by atoms with Crippen molar-refractivity contribution >= 4 is 22.2 Å². The Kier molecular flexibility index (Phi) is 8.65. The third-order valence-electron chi connectivity index (χ3n) is 4.18. The molecule has 0 radical (unpaired) electrons. The van der Waals surface area contributed by atoms with Gasteiger partial charge in [0.2, 0.25) is 0 Å². The van der Waals surface area contributed by atoms with Crippen molar-refractivity contribution in [3.8, 4) is 5.75 Å². The van der Waals surface area contributed by atoms with Gasteiger partial charge in [-0.05, 0) is 57.5 Å². The summed E-state index contributed by atoms with van der Waals surface area (Å²) >= 11 is 0. The summed E-state index contributed by atoms with van der Waals surface area (Å²) in [6.07, 6.45) is -0.635. The summed E-state index contributed by atoms with van der Waals surface area (Å²) in [4.78, 5) is 24.2. The maximum Gasteiger partial charge on any atom is 0.407 e. The van der Waals surface area contributed by atoms with Crippen molar-refractivity contribution < 1.29 is 31.7 Å². The van der Waals surface area contributed by atoms with Crippen LogP contribution in [0.4, 0.5) is 4.79 Å². The van der Waals surface area contributed by atoms with Gasteiger partial charge in [-0.25, -0.2) is 4.79 Å². The highest BCUT2D eigenvalue weighted by atomic mass is 32.2. The normalized spacial score (nSPS) is 12.5. The molecule has 8 nitrogen and oxygen atoms in total. The molecular weight excluding hydrogens is 434 g/mol. The highest BCUT2D eigenvalue weighted by Crippen LogP contribution is 2.26. The first-order chi connectivity index (χ1) is 15.0. The minimum absolute atomic E-state index is 0.0154. The lowest BCUT2D eigenvalue weighted by molar-refractivity contribution is -0.143. The predicted octanol–water partition coefficient (Wildman–Crippen LogP) is 4.02. The number of alkyl carbamates (subject to hydrolysis) is 1. The molecule has 0 aliphatic heterocycles. The van der Waals surface area contributed by atoms with E-state index in [-0.39, 0.29) is 30.2 Å². The zero-order valence-electron chi connectivity index (χ0n) is 18.7. The van der Waals surface area contributed by atoms with Crippen LogP contribution in [-0.2, 0) is 24.4 Å². The van der Waals surface area contributed by atoms with Crippen LogP contribution in [0.5, 0.6) is 5.75 Å². The van der Waals surface area contributed by atoms with Gasteiger partial charge in [0.25, 0.3) is 0 Å². The largest absolute Gasteiger partial charge is 0.466 e. The van der Waals surface area contributed by atoms with Crippen LogP contribution < -0.4 is 9.50 Å². The molecule has 0 aromatic heterocycles. The van der Waals surface area contributed by atoms with Gasteiger partial charge < -0.3 is 19.0 Å². The van der Waals surface area contributed by atoms with Crippen molar-refractivity contribution in [1.29, 1.82) is 0 Å². The molecule has 2 rings (SSSR count). The average molecular weight is 464 g/mol. The second-order valence-electron chi connectivity index (χ2n) is 8.01. The SMILES string of the molecule is CCOC(=O)CC(CNC(=O)OC(C)(C)C)c1cccc(OS(=O)(=O)c2ccccc2)c1. The van der Waals surface area contributed by atoms with E-state index < -0.39 is 33.7 Å². The van der Waals surface area contributed by atoms with Gasteiger partial charge >= 0.3 is 22.2 Å². The Morgan fingerprint density at radius 3 is 2.34 bits per heavy atom. The van der Waals surface area contributed by atoms with Gasteiger partial charge in [0.1, 0.15) is 16.2 Å². The number of rotatable bonds is 9. The first kappa shape index (κ1) is 25.2. The smallest absolute Gasteiger partial charge is 0.407 e. The highest BCUT2D eigenvalue weighted by molar-refractivity contribution is 7.87. The quantitative estimate of drug-likeness (QED) is 0.442. The van der Waals surface area contributed by atoms with Crippen LogP contribution in [-0.4, -0.2) is 39.2 Å². The molecule has 2 aromatic carbocycles. The summed E-state index contributed by atoms with van der Waals surface area (Å²) in [5, 5.41) is 2.65. The van der Waals surface area contributed by atoms with Crippen molar-refractivity contribution in [1.82, 2.24) is 5.32 Å². The Labute approximate surface area is 189 Å². The van der Waals surface area contributed by atoms with Gasteiger partial charge in [-0.15, -0.1) is 0 Å². The Balaban J connectivity index is 2.21. The summed E-state index contributed by atoms with van der Waals surface area (Å²) in [7, 11) is -4.01. The standard InChI is InChI=1S/C23H29NO7S/c1-5-29-21(25)15-18(16-24-22(26)30-23(2,3)4)17-10-9-11-19(14-17)31-32(27,28)20-12-7-6-8-13-20/h6-14,18H,5,15-16H2,1-4H3,(H,24,26). The number of nitrogens with one attached hydrogen (secondary N) is 1. The summed E-state index contributed by atoms with van der Waals surface area (Å²) in [6, 6.07) is 14.2. The third-order valence-corrected chi connectivity index (χ3v) is 5.44. The van der Waals surface area contributed by atoms with Crippen LogP contribution in [0.2, 0.25) is 0 Å². The lowest BCUT2D eigenvalue weighted by atomic mass is 9.95. The molecule has 0 saturated carbocycles. The minimum Gasteiger partial charge on any atom is -0.466 e. The topological polar surface area (TPSA) is 108 Å². The number of esters is 1. The van der Waals surface area contributed by atoms with Gasteiger partial charge in [-0.2, -0.15) is 8.42 Å². The Morgan fingerprint density at radius 2 is 1.72 bits per heavy atom. The molecule has 1 amide bonds. The molecule has 9 heteroatoms. The van der Waals surface area contributed by atoms with Crippen molar-refractivity contribution in [3.05, 3.63) is 60.2 Å². The number of carbonyl (C=O) groups excluding carboxylic acids is 2. The molecule has 1 N–H and O–H groups in total. The highest BCUT2D eigenvalue weighted by Gasteiger charge is 2.22. The summed E-state index contributed by atoms with van der Waals surface area (Å²) < 4.78 is 40.6. The predicted molar refractivity (Wildman–Crippen MR) is 119 cm³/mol. The van der Waals surface area contributed by atoms with Crippen LogP contribution >= 0.6 is 0 Å². The molecule has 0 spiro atoms. The van der Waals surface area contributed by atoms with Gasteiger partial charge in [0, 0.05) is 12.5 Å². The van der Waals surface area contributed by atoms with Gasteiger partial charge in [-0.1, -0.05) is 30.3 Å². The number of amides is 1. The number of hydrogen-bond donors (Lipinski definition) is 1. The van der Waals surface area contributed by atoms with E-state index in [1.54, 1.807) is 58.0 Å². The molecule has 0 aliphatic carbocycles. The lowest BCUT2D eigenvalue weighted by Crippen LogP contribution is -2.35. The second kappa shape index (κ2) is 11.0. The third kappa shape index (κ3) is 8.22. The maximum absolute atomic E-state index is 12.5. The van der Waals surface area contributed by atoms with E-state index in [0.29, 0.717) is 5.56 Å². The van der Waals surface area contributed by atoms with Crippen molar-refractivity contribution in [2.24, 2.45) is 0 Å². The Morgan fingerprint density at radius 1 is 1.03 bits per heavy atom. The molecule has 0 fully saturated rings. The van der Waals surface area contributed by atoms with Crippen LogP contribution in [0, 0.1) is 0 Å². The molecule has 0 saturated heterocycles. The molecule has 0 bridgehead atoms. The Hall–Kier alpha value is -3.07. The first-order valence-corrected chi connectivity index (χ1v) is 11.6. The summed E-state index contributed by atoms with van der Waals surface area (Å²) in [6.45, 7) is 7.25. The molecule has 1 unspecified atom stereocenters. The fourth-order valence-electron chi connectivity index (χ4n) is 2.83. The second-order valence-corrected chi connectivity index (χ2v) is 9.56. The molecular formula is C23H29NO7S. The molecule has 32 heavy (non-hydrogen) atoms. The Bertz CT molecular complexity index is 1010. The van der Waals surface area contributed by atoms with Crippen LogP contribution in [0.25, 0.3) is 0 Å². The van der Waals surface area contributed by atoms with Gasteiger partial charge in [0.05, 0.1) is 13.0 Å². The van der Waals surface area contributed by atoms with Crippen LogP contribution in [0.1, 0.15) is 45.6 Å². The average Bonchev–Trinajstić information content (AvgIpc) is 2.70. The number of carbonyl (C=O) groups is 2. The zero-order chi connectivity index (χ0) is 23.8. The molecule has 2 aromatic rings. The van der Waals surface area contributed by atoms with E-state index in [9.17, 15) is 18.0 Å². The molecule has 174 valence electrons. The van der Waals surface area contributed by atoms with E-state index in [0.717, 1.165) is 0 Å². The number of benzene rings is 2. The molecule has 1 atom stereocenters. The van der Waals surface area contributed by atoms with Crippen molar-refractivity contribution in [2.45, 2.75) is 50.5 Å². The van der Waals surface area contributed by atoms with Crippen LogP contribution in [0.3, 0.4) is 0 Å². The summed E-state index contributed by atoms with van der Waals surface area (Å²) in [5.74, 6) is -0.825. The van der Waals surface area contributed by atoms with E-state index >= 15 is 0 Å². The van der Waals surface area contributed by atoms with E-state index in [2.05, 4.69) is 5.32 Å². The fourth-order valence-corrected chi connectivity index (χ4v) is 3.78. The van der Waals surface area contributed by atoms with Crippen molar-refractivity contribution in [2.75, 3.05) is 13.2 Å². The minimum atomic E-state index is -4.01. The van der Waals surface area contributed by atoms with Crippen molar-refractivity contribution in [3.63, 3.8) is 0 Å². The van der Waals surface area contributed by atoms with Gasteiger partial charge in [-0.3, -0.25) is 4.79 Å². The van der Waals surface area contributed by atoms with E-state index in [1.807, 2.05) is 0 Å². The van der Waals surface area contributed by atoms with E-state index in [4.69, 9.17) is 13.7 Å². The first-order valence-electron chi connectivity index (χ1n) is 10.2. The summed E-state index contributed by atoms with van der Waals surface area (Å²) in [5.41, 5.74) is -0.0600.